The van der Waals surface area contributed by atoms with E-state index in [0.717, 1.165) is 55.9 Å². The molecule has 3 rings (SSSR count). The van der Waals surface area contributed by atoms with Gasteiger partial charge >= 0.3 is 6.18 Å². The van der Waals surface area contributed by atoms with E-state index in [9.17, 15) is 35.2 Å². The minimum absolute atomic E-state index is 0.0457. The summed E-state index contributed by atoms with van der Waals surface area (Å²) >= 11 is 0. The summed E-state index contributed by atoms with van der Waals surface area (Å²) in [6, 6.07) is 5.08. The Morgan fingerprint density at radius 3 is 2.26 bits per heavy atom. The minimum atomic E-state index is -4.50. The summed E-state index contributed by atoms with van der Waals surface area (Å²) in [5.74, 6) is -2.93. The quantitative estimate of drug-likeness (QED) is 0.413. The number of nitrogens with zero attached hydrogens (tertiary/aromatic N) is 1. The Kier molecular flexibility index (Phi) is 8.04. The van der Waals surface area contributed by atoms with E-state index in [1.807, 2.05) is 4.90 Å². The van der Waals surface area contributed by atoms with Crippen LogP contribution in [0, 0.1) is 11.6 Å². The fourth-order valence-electron chi connectivity index (χ4n) is 3.69. The molecule has 190 valence electrons. The third-order valence-corrected chi connectivity index (χ3v) is 5.90. The molecular formula is C23H24F5N3O3S. The monoisotopic (exact) mass is 517 g/mol. The molecule has 0 atom stereocenters. The molecule has 1 aliphatic rings. The van der Waals surface area contributed by atoms with E-state index in [4.69, 9.17) is 0 Å². The Morgan fingerprint density at radius 2 is 1.69 bits per heavy atom. The van der Waals surface area contributed by atoms with Crippen molar-refractivity contribution in [1.29, 1.82) is 0 Å². The number of piperidine rings is 1. The second-order valence-electron chi connectivity index (χ2n) is 8.18. The number of halogens is 5. The van der Waals surface area contributed by atoms with Crippen LogP contribution in [-0.2, 0) is 27.5 Å². The van der Waals surface area contributed by atoms with Crippen molar-refractivity contribution < 1.29 is 35.2 Å². The maximum atomic E-state index is 14.1. The lowest BCUT2D eigenvalue weighted by Gasteiger charge is -2.30. The largest absolute Gasteiger partial charge is 0.416 e. The number of sulfonamides is 1. The van der Waals surface area contributed by atoms with Gasteiger partial charge in [0.15, 0.2) is 11.6 Å². The van der Waals surface area contributed by atoms with E-state index in [-0.39, 0.29) is 12.1 Å². The van der Waals surface area contributed by atoms with Gasteiger partial charge in [-0.15, -0.1) is 0 Å². The highest BCUT2D eigenvalue weighted by atomic mass is 32.2. The second-order valence-corrected chi connectivity index (χ2v) is 9.93. The summed E-state index contributed by atoms with van der Waals surface area (Å²) in [7, 11) is -3.89. The zero-order chi connectivity index (χ0) is 25.8. The Bertz CT molecular complexity index is 1200. The van der Waals surface area contributed by atoms with Crippen molar-refractivity contribution >= 4 is 33.4 Å². The maximum Gasteiger partial charge on any atom is 0.416 e. The normalized spacial score (nSPS) is 14.9. The zero-order valence-corrected chi connectivity index (χ0v) is 19.6. The predicted molar refractivity (Wildman–Crippen MR) is 123 cm³/mol. The SMILES string of the molecule is CS(=O)(=O)Nc1c(F)cc(CNC(=O)/C=C\c2ccc(C(F)(F)F)cc2N2CCCCC2)cc1F. The van der Waals surface area contributed by atoms with Crippen molar-refractivity contribution in [2.75, 3.05) is 29.0 Å². The molecule has 12 heteroatoms. The fourth-order valence-corrected chi connectivity index (χ4v) is 4.26. The lowest BCUT2D eigenvalue weighted by molar-refractivity contribution is -0.137. The van der Waals surface area contributed by atoms with Gasteiger partial charge in [-0.2, -0.15) is 13.2 Å². The first-order valence-corrected chi connectivity index (χ1v) is 12.6. The number of hydrogen-bond donors (Lipinski definition) is 2. The van der Waals surface area contributed by atoms with Gasteiger partial charge in [-0.1, -0.05) is 6.07 Å². The molecule has 1 fully saturated rings. The van der Waals surface area contributed by atoms with Gasteiger partial charge in [-0.3, -0.25) is 9.52 Å². The summed E-state index contributed by atoms with van der Waals surface area (Å²) in [6.45, 7) is 0.952. The third kappa shape index (κ3) is 7.41. The van der Waals surface area contributed by atoms with Gasteiger partial charge in [0.1, 0.15) is 5.69 Å². The van der Waals surface area contributed by atoms with Gasteiger partial charge in [0.25, 0.3) is 0 Å². The molecule has 0 unspecified atom stereocenters. The topological polar surface area (TPSA) is 78.5 Å². The first-order chi connectivity index (χ1) is 16.3. The molecule has 35 heavy (non-hydrogen) atoms. The number of anilines is 2. The number of carbonyl (C=O) groups excluding carboxylic acids is 1. The number of benzene rings is 2. The lowest BCUT2D eigenvalue weighted by atomic mass is 10.0. The van der Waals surface area contributed by atoms with E-state index in [1.165, 1.54) is 12.1 Å². The summed E-state index contributed by atoms with van der Waals surface area (Å²) in [5, 5.41) is 2.43. The molecule has 0 spiro atoms. The average Bonchev–Trinajstić information content (AvgIpc) is 2.78. The molecule has 0 saturated carbocycles. The van der Waals surface area contributed by atoms with Crippen molar-refractivity contribution in [3.05, 3.63) is 64.7 Å². The molecule has 2 aromatic carbocycles. The highest BCUT2D eigenvalue weighted by Gasteiger charge is 2.31. The summed E-state index contributed by atoms with van der Waals surface area (Å²) < 4.78 is 92.0. The number of carbonyl (C=O) groups is 1. The predicted octanol–water partition coefficient (Wildman–Crippen LogP) is 4.68. The molecule has 1 heterocycles. The third-order valence-electron chi connectivity index (χ3n) is 5.32. The molecule has 2 N–H and O–H groups in total. The number of hydrogen-bond acceptors (Lipinski definition) is 4. The van der Waals surface area contributed by atoms with E-state index in [2.05, 4.69) is 5.32 Å². The van der Waals surface area contributed by atoms with Gasteiger partial charge in [0.2, 0.25) is 15.9 Å². The molecule has 2 aromatic rings. The van der Waals surface area contributed by atoms with Crippen molar-refractivity contribution in [3.8, 4) is 0 Å². The number of nitrogens with one attached hydrogen (secondary N) is 2. The Hall–Kier alpha value is -3.15. The van der Waals surface area contributed by atoms with Crippen LogP contribution in [0.1, 0.15) is 36.0 Å². The van der Waals surface area contributed by atoms with Crippen LogP contribution in [-0.4, -0.2) is 33.7 Å². The van der Waals surface area contributed by atoms with Crippen molar-refractivity contribution in [2.24, 2.45) is 0 Å². The van der Waals surface area contributed by atoms with E-state index in [0.29, 0.717) is 24.3 Å². The lowest BCUT2D eigenvalue weighted by Crippen LogP contribution is -2.30. The Balaban J connectivity index is 1.73. The molecule has 1 saturated heterocycles. The molecule has 1 amide bonds. The van der Waals surface area contributed by atoms with Gasteiger partial charge in [0, 0.05) is 31.4 Å². The molecule has 1 aliphatic heterocycles. The first-order valence-electron chi connectivity index (χ1n) is 10.7. The highest BCUT2D eigenvalue weighted by Crippen LogP contribution is 2.35. The number of amides is 1. The number of alkyl halides is 3. The van der Waals surface area contributed by atoms with Gasteiger partial charge in [-0.05, 0) is 60.7 Å². The second kappa shape index (κ2) is 10.6. The van der Waals surface area contributed by atoms with Crippen LogP contribution in [0.4, 0.5) is 33.3 Å². The van der Waals surface area contributed by atoms with Crippen LogP contribution in [0.2, 0.25) is 0 Å². The summed E-state index contributed by atoms with van der Waals surface area (Å²) in [4.78, 5) is 14.1. The highest BCUT2D eigenvalue weighted by molar-refractivity contribution is 7.92. The molecule has 0 aromatic heterocycles. The minimum Gasteiger partial charge on any atom is -0.371 e. The van der Waals surface area contributed by atoms with Gasteiger partial charge in [-0.25, -0.2) is 17.2 Å². The van der Waals surface area contributed by atoms with Crippen LogP contribution in [0.5, 0.6) is 0 Å². The molecule has 0 aliphatic carbocycles. The molecule has 0 bridgehead atoms. The van der Waals surface area contributed by atoms with Crippen molar-refractivity contribution in [3.63, 3.8) is 0 Å². The molecule has 6 nitrogen and oxygen atoms in total. The van der Waals surface area contributed by atoms with Gasteiger partial charge in [0.05, 0.1) is 11.8 Å². The fraction of sp³-hybridized carbons (Fsp3) is 0.348. The first kappa shape index (κ1) is 26.5. The zero-order valence-electron chi connectivity index (χ0n) is 18.8. The Morgan fingerprint density at radius 1 is 1.06 bits per heavy atom. The van der Waals surface area contributed by atoms with Crippen LogP contribution in [0.15, 0.2) is 36.4 Å². The van der Waals surface area contributed by atoms with E-state index in [1.54, 1.807) is 4.72 Å². The molecule has 0 radical (unpaired) electrons. The van der Waals surface area contributed by atoms with Crippen LogP contribution >= 0.6 is 0 Å². The van der Waals surface area contributed by atoms with E-state index >= 15 is 0 Å². The van der Waals surface area contributed by atoms with Gasteiger partial charge < -0.3 is 10.2 Å². The Labute approximate surface area is 199 Å². The maximum absolute atomic E-state index is 14.1. The van der Waals surface area contributed by atoms with E-state index < -0.39 is 45.0 Å². The molecular weight excluding hydrogens is 493 g/mol. The summed E-state index contributed by atoms with van der Waals surface area (Å²) in [6.07, 6.45) is 1.47. The summed E-state index contributed by atoms with van der Waals surface area (Å²) in [5.41, 5.74) is -0.748. The van der Waals surface area contributed by atoms with Crippen molar-refractivity contribution in [1.82, 2.24) is 5.32 Å². The standard InChI is InChI=1S/C23H24F5N3O3S/c1-35(33,34)30-22-18(24)11-15(12-19(22)25)14-29-21(32)8-6-16-5-7-17(23(26,27)28)13-20(16)31-9-3-2-4-10-31/h5-8,11-13,30H,2-4,9-10,14H2,1H3,(H,29,32)/b8-6-. The number of rotatable bonds is 7. The van der Waals surface area contributed by atoms with Crippen molar-refractivity contribution in [2.45, 2.75) is 32.0 Å². The average molecular weight is 518 g/mol. The smallest absolute Gasteiger partial charge is 0.371 e. The van der Waals surface area contributed by atoms with Crippen LogP contribution in [0.3, 0.4) is 0 Å². The van der Waals surface area contributed by atoms with Crippen LogP contribution in [0.25, 0.3) is 6.08 Å². The van der Waals surface area contributed by atoms with Crippen LogP contribution < -0.4 is 14.9 Å².